The monoisotopic (exact) mass is 322 g/mol. The van der Waals surface area contributed by atoms with Crippen molar-refractivity contribution in [3.8, 4) is 0 Å². The molecule has 0 saturated carbocycles. The maximum absolute atomic E-state index is 12.5. The Labute approximate surface area is 124 Å². The lowest BCUT2D eigenvalue weighted by Crippen LogP contribution is -2.36. The quantitative estimate of drug-likeness (QED) is 0.818. The van der Waals surface area contributed by atoms with Crippen molar-refractivity contribution in [2.75, 3.05) is 5.75 Å². The SMILES string of the molecule is CC(C)(C)C(C)(C)CS(=O)(=O)c1ccc(C(F)(F)F)cc1. The molecule has 6 heteroatoms. The van der Waals surface area contributed by atoms with Gasteiger partial charge in [-0.2, -0.15) is 13.2 Å². The number of rotatable bonds is 3. The average Bonchev–Trinajstić information content (AvgIpc) is 2.25. The molecule has 0 amide bonds. The Bertz CT molecular complexity index is 591. The first kappa shape index (κ1) is 18.0. The van der Waals surface area contributed by atoms with Gasteiger partial charge in [0.1, 0.15) is 0 Å². The van der Waals surface area contributed by atoms with Crippen molar-refractivity contribution < 1.29 is 21.6 Å². The van der Waals surface area contributed by atoms with Crippen molar-refractivity contribution >= 4 is 9.84 Å². The average molecular weight is 322 g/mol. The standard InChI is InChI=1S/C15H21F3O2S/c1-13(2,3)14(4,5)10-21(19,20)12-8-6-11(7-9-12)15(16,17)18/h6-9H,10H2,1-5H3. The summed E-state index contributed by atoms with van der Waals surface area (Å²) in [6.45, 7) is 9.50. The van der Waals surface area contributed by atoms with Gasteiger partial charge in [0.2, 0.25) is 0 Å². The second kappa shape index (κ2) is 5.30. The first-order valence-corrected chi connectivity index (χ1v) is 8.22. The van der Waals surface area contributed by atoms with Crippen LogP contribution in [0.2, 0.25) is 0 Å². The second-order valence-electron chi connectivity index (χ2n) is 6.92. The fourth-order valence-electron chi connectivity index (χ4n) is 1.63. The Balaban J connectivity index is 3.10. The molecule has 1 rings (SSSR count). The van der Waals surface area contributed by atoms with Gasteiger partial charge in [-0.25, -0.2) is 8.42 Å². The lowest BCUT2D eigenvalue weighted by molar-refractivity contribution is -0.137. The highest BCUT2D eigenvalue weighted by molar-refractivity contribution is 7.91. The minimum atomic E-state index is -4.47. The number of hydrogen-bond donors (Lipinski definition) is 0. The lowest BCUT2D eigenvalue weighted by Gasteiger charge is -2.38. The molecule has 0 atom stereocenters. The van der Waals surface area contributed by atoms with Crippen molar-refractivity contribution in [2.24, 2.45) is 10.8 Å². The van der Waals surface area contributed by atoms with E-state index in [4.69, 9.17) is 0 Å². The summed E-state index contributed by atoms with van der Waals surface area (Å²) in [5.74, 6) is -0.116. The molecule has 1 aromatic rings. The summed E-state index contributed by atoms with van der Waals surface area (Å²) in [7, 11) is -3.63. The van der Waals surface area contributed by atoms with Gasteiger partial charge in [-0.05, 0) is 35.1 Å². The molecular formula is C15H21F3O2S. The highest BCUT2D eigenvalue weighted by Gasteiger charge is 2.38. The summed E-state index contributed by atoms with van der Waals surface area (Å²) in [6.07, 6.45) is -4.47. The zero-order valence-electron chi connectivity index (χ0n) is 12.9. The van der Waals surface area contributed by atoms with E-state index in [9.17, 15) is 21.6 Å². The number of alkyl halides is 3. The molecule has 21 heavy (non-hydrogen) atoms. The van der Waals surface area contributed by atoms with Crippen molar-refractivity contribution in [3.05, 3.63) is 29.8 Å². The van der Waals surface area contributed by atoms with Gasteiger partial charge in [0.15, 0.2) is 9.84 Å². The van der Waals surface area contributed by atoms with E-state index in [0.29, 0.717) is 0 Å². The minimum Gasteiger partial charge on any atom is -0.224 e. The molecule has 1 aromatic carbocycles. The zero-order valence-corrected chi connectivity index (χ0v) is 13.7. The van der Waals surface area contributed by atoms with Crippen LogP contribution in [0.1, 0.15) is 40.2 Å². The molecule has 0 saturated heterocycles. The van der Waals surface area contributed by atoms with Gasteiger partial charge in [0.25, 0.3) is 0 Å². The second-order valence-corrected chi connectivity index (χ2v) is 8.90. The largest absolute Gasteiger partial charge is 0.416 e. The molecule has 0 aliphatic rings. The van der Waals surface area contributed by atoms with Gasteiger partial charge in [-0.15, -0.1) is 0 Å². The highest BCUT2D eigenvalue weighted by atomic mass is 32.2. The van der Waals surface area contributed by atoms with E-state index >= 15 is 0 Å². The summed E-state index contributed by atoms with van der Waals surface area (Å²) in [4.78, 5) is -0.0761. The maximum Gasteiger partial charge on any atom is 0.416 e. The van der Waals surface area contributed by atoms with Gasteiger partial charge in [0.05, 0.1) is 16.2 Å². The zero-order chi connectivity index (χ0) is 16.7. The molecule has 0 spiro atoms. The van der Waals surface area contributed by atoms with Crippen LogP contribution in [0.4, 0.5) is 13.2 Å². The maximum atomic E-state index is 12.5. The molecule has 0 unspecified atom stereocenters. The Morgan fingerprint density at radius 1 is 0.905 bits per heavy atom. The van der Waals surface area contributed by atoms with Crippen molar-refractivity contribution in [1.82, 2.24) is 0 Å². The van der Waals surface area contributed by atoms with Crippen molar-refractivity contribution in [3.63, 3.8) is 0 Å². The van der Waals surface area contributed by atoms with Crippen LogP contribution < -0.4 is 0 Å². The van der Waals surface area contributed by atoms with Gasteiger partial charge in [-0.3, -0.25) is 0 Å². The van der Waals surface area contributed by atoms with E-state index in [2.05, 4.69) is 0 Å². The molecule has 120 valence electrons. The summed E-state index contributed by atoms with van der Waals surface area (Å²) >= 11 is 0. The molecule has 0 N–H and O–H groups in total. The molecular weight excluding hydrogens is 301 g/mol. The summed E-state index contributed by atoms with van der Waals surface area (Å²) in [5, 5.41) is 0. The summed E-state index contributed by atoms with van der Waals surface area (Å²) in [5.41, 5.74) is -1.60. The van der Waals surface area contributed by atoms with Crippen LogP contribution in [0.15, 0.2) is 29.2 Å². The predicted octanol–water partition coefficient (Wildman–Crippen LogP) is 4.55. The van der Waals surface area contributed by atoms with Gasteiger partial charge >= 0.3 is 6.18 Å². The first-order chi connectivity index (χ1) is 9.17. The summed E-state index contributed by atoms with van der Waals surface area (Å²) in [6, 6.07) is 3.65. The molecule has 0 aliphatic heterocycles. The molecule has 2 nitrogen and oxygen atoms in total. The topological polar surface area (TPSA) is 34.1 Å². The van der Waals surface area contributed by atoms with Crippen molar-refractivity contribution in [1.29, 1.82) is 0 Å². The van der Waals surface area contributed by atoms with Gasteiger partial charge < -0.3 is 0 Å². The minimum absolute atomic E-state index is 0.0761. The number of halogens is 3. The smallest absolute Gasteiger partial charge is 0.224 e. The third-order valence-electron chi connectivity index (χ3n) is 4.12. The molecule has 0 heterocycles. The van der Waals surface area contributed by atoms with Crippen molar-refractivity contribution in [2.45, 2.75) is 45.7 Å². The highest BCUT2D eigenvalue weighted by Crippen LogP contribution is 2.40. The van der Waals surface area contributed by atoms with Crippen LogP contribution in [0, 0.1) is 10.8 Å². The van der Waals surface area contributed by atoms with Gasteiger partial charge in [0, 0.05) is 0 Å². The van der Waals surface area contributed by atoms with Gasteiger partial charge in [-0.1, -0.05) is 34.6 Å². The van der Waals surface area contributed by atoms with E-state index in [1.807, 2.05) is 34.6 Å². The Morgan fingerprint density at radius 2 is 1.33 bits per heavy atom. The molecule has 0 aromatic heterocycles. The molecule has 0 bridgehead atoms. The number of sulfone groups is 1. The van der Waals surface area contributed by atoms with Crippen LogP contribution >= 0.6 is 0 Å². The Hall–Kier alpha value is -1.04. The van der Waals surface area contributed by atoms with Crippen LogP contribution in [-0.4, -0.2) is 14.2 Å². The third-order valence-corrected chi connectivity index (χ3v) is 6.21. The lowest BCUT2D eigenvalue weighted by atomic mass is 9.71. The van der Waals surface area contributed by atoms with E-state index in [1.54, 1.807) is 0 Å². The Morgan fingerprint density at radius 3 is 1.67 bits per heavy atom. The summed E-state index contributed by atoms with van der Waals surface area (Å²) < 4.78 is 62.2. The van der Waals surface area contributed by atoms with E-state index < -0.39 is 27.0 Å². The van der Waals surface area contributed by atoms with Crippen LogP contribution in [0.25, 0.3) is 0 Å². The molecule has 0 aliphatic carbocycles. The Kier molecular flexibility index (Phi) is 4.55. The first-order valence-electron chi connectivity index (χ1n) is 6.57. The van der Waals surface area contributed by atoms with Crippen LogP contribution in [0.5, 0.6) is 0 Å². The number of benzene rings is 1. The molecule has 0 radical (unpaired) electrons. The van der Waals surface area contributed by atoms with Crippen LogP contribution in [0.3, 0.4) is 0 Å². The number of hydrogen-bond acceptors (Lipinski definition) is 2. The van der Waals surface area contributed by atoms with Crippen LogP contribution in [-0.2, 0) is 16.0 Å². The fraction of sp³-hybridized carbons (Fsp3) is 0.600. The predicted molar refractivity (Wildman–Crippen MR) is 76.7 cm³/mol. The molecule has 0 fully saturated rings. The fourth-order valence-corrected chi connectivity index (χ4v) is 3.73. The van der Waals surface area contributed by atoms with E-state index in [-0.39, 0.29) is 16.1 Å². The normalized spacial score (nSPS) is 14.3. The van der Waals surface area contributed by atoms with E-state index in [1.165, 1.54) is 0 Å². The van der Waals surface area contributed by atoms with E-state index in [0.717, 1.165) is 24.3 Å². The third kappa shape index (κ3) is 4.22.